The first kappa shape index (κ1) is 32.8. The van der Waals surface area contributed by atoms with Gasteiger partial charge in [0.15, 0.2) is 0 Å². The second-order valence-corrected chi connectivity index (χ2v) is 12.3. The fourth-order valence-electron chi connectivity index (χ4n) is 3.99. The molecule has 210 valence electrons. The van der Waals surface area contributed by atoms with E-state index in [1.165, 1.54) is 0 Å². The van der Waals surface area contributed by atoms with E-state index in [-0.39, 0.29) is 11.8 Å². The quantitative estimate of drug-likeness (QED) is 0.309. The Morgan fingerprint density at radius 2 is 1.62 bits per heavy atom. The van der Waals surface area contributed by atoms with Crippen molar-refractivity contribution in [1.82, 2.24) is 15.5 Å². The normalized spacial score (nSPS) is 13.4. The highest BCUT2D eigenvalue weighted by Crippen LogP contribution is 2.31. The van der Waals surface area contributed by atoms with E-state index in [2.05, 4.69) is 24.5 Å². The number of benzene rings is 1. The summed E-state index contributed by atoms with van der Waals surface area (Å²) in [6, 6.07) is 6.20. The van der Waals surface area contributed by atoms with Crippen molar-refractivity contribution in [3.8, 4) is 0 Å². The predicted molar refractivity (Wildman–Crippen MR) is 154 cm³/mol. The molecular formula is C29H49N3O4S. The largest absolute Gasteiger partial charge is 0.444 e. The van der Waals surface area contributed by atoms with Crippen molar-refractivity contribution in [3.05, 3.63) is 35.4 Å². The van der Waals surface area contributed by atoms with Gasteiger partial charge in [0.2, 0.25) is 11.8 Å². The fourth-order valence-corrected chi connectivity index (χ4v) is 4.46. The summed E-state index contributed by atoms with van der Waals surface area (Å²) in [4.78, 5) is 42.2. The number of hydrogen-bond donors (Lipinski definition) is 2. The Balaban J connectivity index is 3.47. The number of nitrogens with zero attached hydrogens (tertiary/aromatic N) is 1. The van der Waals surface area contributed by atoms with Crippen LogP contribution in [0.1, 0.15) is 98.2 Å². The number of amides is 3. The molecule has 0 fully saturated rings. The number of alkyl carbamates (subject to hydrolysis) is 1. The van der Waals surface area contributed by atoms with E-state index >= 15 is 0 Å². The number of nitrogens with one attached hydrogen (secondary N) is 2. The third-order valence-corrected chi connectivity index (χ3v) is 6.49. The number of thioether (sulfide) groups is 1. The van der Waals surface area contributed by atoms with E-state index in [4.69, 9.17) is 4.74 Å². The maximum absolute atomic E-state index is 14.2. The van der Waals surface area contributed by atoms with Crippen molar-refractivity contribution >= 4 is 29.7 Å². The van der Waals surface area contributed by atoms with Crippen LogP contribution in [-0.4, -0.2) is 58.5 Å². The molecule has 2 atom stereocenters. The second-order valence-electron chi connectivity index (χ2n) is 11.4. The zero-order chi connectivity index (χ0) is 28.2. The Labute approximate surface area is 228 Å². The Kier molecular flexibility index (Phi) is 13.5. The number of carbonyl (C=O) groups is 3. The highest BCUT2D eigenvalue weighted by molar-refractivity contribution is 7.98. The van der Waals surface area contributed by atoms with Crippen LogP contribution in [0.15, 0.2) is 24.3 Å². The lowest BCUT2D eigenvalue weighted by atomic mass is 9.94. The lowest BCUT2D eigenvalue weighted by Crippen LogP contribution is -2.58. The smallest absolute Gasteiger partial charge is 0.408 e. The lowest BCUT2D eigenvalue weighted by Gasteiger charge is -2.43. The van der Waals surface area contributed by atoms with Crippen LogP contribution in [0.25, 0.3) is 0 Å². The summed E-state index contributed by atoms with van der Waals surface area (Å²) in [5, 5.41) is 5.84. The van der Waals surface area contributed by atoms with E-state index < -0.39 is 29.3 Å². The maximum Gasteiger partial charge on any atom is 0.408 e. The Morgan fingerprint density at radius 3 is 2.11 bits per heavy atom. The van der Waals surface area contributed by atoms with Crippen LogP contribution >= 0.6 is 11.8 Å². The van der Waals surface area contributed by atoms with Crippen molar-refractivity contribution in [2.75, 3.05) is 18.6 Å². The minimum atomic E-state index is -0.836. The molecule has 1 aromatic rings. The highest BCUT2D eigenvalue weighted by atomic mass is 32.2. The van der Waals surface area contributed by atoms with Gasteiger partial charge in [0, 0.05) is 12.1 Å². The number of ether oxygens (including phenoxy) is 1. The molecule has 0 spiro atoms. The van der Waals surface area contributed by atoms with E-state index in [1.807, 2.05) is 51.3 Å². The molecule has 0 aliphatic rings. The Hall–Kier alpha value is -2.22. The van der Waals surface area contributed by atoms with E-state index in [1.54, 1.807) is 37.4 Å². The first-order valence-electron chi connectivity index (χ1n) is 13.4. The summed E-state index contributed by atoms with van der Waals surface area (Å²) in [6.07, 6.45) is 5.57. The van der Waals surface area contributed by atoms with Crippen LogP contribution in [0.4, 0.5) is 4.79 Å². The monoisotopic (exact) mass is 535 g/mol. The number of rotatable bonds is 13. The zero-order valence-electron chi connectivity index (χ0n) is 24.4. The number of hydrogen-bond acceptors (Lipinski definition) is 5. The molecule has 0 bridgehead atoms. The first-order valence-corrected chi connectivity index (χ1v) is 14.8. The van der Waals surface area contributed by atoms with Gasteiger partial charge < -0.3 is 20.3 Å². The lowest BCUT2D eigenvalue weighted by molar-refractivity contribution is -0.148. The molecule has 3 amide bonds. The molecule has 37 heavy (non-hydrogen) atoms. The minimum absolute atomic E-state index is 0.218. The summed E-state index contributed by atoms with van der Waals surface area (Å²) in [5.74, 6) is 0.147. The van der Waals surface area contributed by atoms with Crippen LogP contribution in [0.5, 0.6) is 0 Å². The van der Waals surface area contributed by atoms with Crippen molar-refractivity contribution in [3.63, 3.8) is 0 Å². The molecule has 0 saturated heterocycles. The summed E-state index contributed by atoms with van der Waals surface area (Å²) in [5.41, 5.74) is 0.514. The average molecular weight is 536 g/mol. The molecule has 0 aromatic heterocycles. The summed E-state index contributed by atoms with van der Waals surface area (Å²) in [6.45, 7) is 15.9. The van der Waals surface area contributed by atoms with Crippen LogP contribution in [0.3, 0.4) is 0 Å². The van der Waals surface area contributed by atoms with Gasteiger partial charge in [0.1, 0.15) is 17.7 Å². The molecule has 0 radical (unpaired) electrons. The summed E-state index contributed by atoms with van der Waals surface area (Å²) >= 11 is 1.60. The molecular weight excluding hydrogens is 486 g/mol. The minimum Gasteiger partial charge on any atom is -0.444 e. The molecule has 1 rings (SSSR count). The molecule has 2 N–H and O–H groups in total. The van der Waals surface area contributed by atoms with Crippen molar-refractivity contribution in [1.29, 1.82) is 0 Å². The second kappa shape index (κ2) is 15.3. The van der Waals surface area contributed by atoms with Crippen LogP contribution in [0, 0.1) is 0 Å². The molecule has 0 aliphatic carbocycles. The average Bonchev–Trinajstić information content (AvgIpc) is 2.80. The zero-order valence-corrected chi connectivity index (χ0v) is 25.2. The van der Waals surface area contributed by atoms with Gasteiger partial charge in [-0.25, -0.2) is 4.79 Å². The van der Waals surface area contributed by atoms with Crippen molar-refractivity contribution in [2.45, 2.75) is 111 Å². The van der Waals surface area contributed by atoms with Gasteiger partial charge >= 0.3 is 6.09 Å². The van der Waals surface area contributed by atoms with Crippen molar-refractivity contribution in [2.24, 2.45) is 0 Å². The maximum atomic E-state index is 14.2. The van der Waals surface area contributed by atoms with Crippen molar-refractivity contribution < 1.29 is 19.1 Å². The predicted octanol–water partition coefficient (Wildman–Crippen LogP) is 5.87. The van der Waals surface area contributed by atoms with Gasteiger partial charge in [-0.15, -0.1) is 0 Å². The molecule has 0 heterocycles. The summed E-state index contributed by atoms with van der Waals surface area (Å²) < 4.78 is 5.45. The summed E-state index contributed by atoms with van der Waals surface area (Å²) in [7, 11) is 0. The number of unbranched alkanes of at least 4 members (excludes halogenated alkanes) is 2. The van der Waals surface area contributed by atoms with Gasteiger partial charge in [0.05, 0.1) is 0 Å². The molecule has 8 heteroatoms. The SMILES string of the molecule is CCCCCNC(=O)C(c1ccc(CC)cc1)N(C(=O)C(CCSC)NC(=O)OC(C)(C)C)C(C)(C)C. The van der Waals surface area contributed by atoms with Gasteiger partial charge in [0.25, 0.3) is 0 Å². The number of carbonyl (C=O) groups excluding carboxylic acids is 3. The third kappa shape index (κ3) is 11.4. The molecule has 0 aliphatic heterocycles. The van der Waals surface area contributed by atoms with Crippen LogP contribution < -0.4 is 10.6 Å². The van der Waals surface area contributed by atoms with Gasteiger partial charge in [-0.3, -0.25) is 9.59 Å². The fraction of sp³-hybridized carbons (Fsp3) is 0.690. The van der Waals surface area contributed by atoms with Crippen LogP contribution in [0.2, 0.25) is 0 Å². The molecule has 7 nitrogen and oxygen atoms in total. The van der Waals surface area contributed by atoms with Gasteiger partial charge in [-0.1, -0.05) is 51.0 Å². The van der Waals surface area contributed by atoms with E-state index in [9.17, 15) is 14.4 Å². The molecule has 1 aromatic carbocycles. The number of aryl methyl sites for hydroxylation is 1. The first-order chi connectivity index (χ1) is 17.2. The van der Waals surface area contributed by atoms with Crippen LogP contribution in [-0.2, 0) is 20.7 Å². The third-order valence-electron chi connectivity index (χ3n) is 5.85. The van der Waals surface area contributed by atoms with Gasteiger partial charge in [-0.05, 0) is 83.9 Å². The topological polar surface area (TPSA) is 87.7 Å². The van der Waals surface area contributed by atoms with E-state index in [0.717, 1.165) is 36.8 Å². The molecule has 2 unspecified atom stereocenters. The Bertz CT molecular complexity index is 859. The highest BCUT2D eigenvalue weighted by Gasteiger charge is 2.41. The Morgan fingerprint density at radius 1 is 1.00 bits per heavy atom. The van der Waals surface area contributed by atoms with Gasteiger partial charge in [-0.2, -0.15) is 11.8 Å². The molecule has 0 saturated carbocycles. The standard InChI is InChI=1S/C29H49N3O4S/c1-10-12-13-19-30-25(33)24(22-16-14-21(11-2)15-17-22)32(28(3,4)5)26(34)23(18-20-37-9)31-27(35)36-29(6,7)8/h14-17,23-24H,10-13,18-20H2,1-9H3,(H,30,33)(H,31,35). The van der Waals surface area contributed by atoms with E-state index in [0.29, 0.717) is 18.7 Å².